The second kappa shape index (κ2) is 6.79. The molecule has 1 aliphatic rings. The summed E-state index contributed by atoms with van der Waals surface area (Å²) in [7, 11) is 0. The van der Waals surface area contributed by atoms with Crippen molar-refractivity contribution in [3.05, 3.63) is 65.0 Å². The Morgan fingerprint density at radius 2 is 2.04 bits per heavy atom. The average Bonchev–Trinajstić information content (AvgIpc) is 2.75. The fourth-order valence-electron chi connectivity index (χ4n) is 2.76. The van der Waals surface area contributed by atoms with Gasteiger partial charge in [-0.2, -0.15) is 0 Å². The third kappa shape index (κ3) is 3.68. The summed E-state index contributed by atoms with van der Waals surface area (Å²) in [5.41, 5.74) is 2.24. The van der Waals surface area contributed by atoms with Gasteiger partial charge in [0.1, 0.15) is 11.6 Å². The molecule has 0 saturated heterocycles. The second-order valence-electron chi connectivity index (χ2n) is 5.61. The summed E-state index contributed by atoms with van der Waals surface area (Å²) in [6.07, 6.45) is 1.80. The van der Waals surface area contributed by atoms with Gasteiger partial charge >= 0.3 is 5.97 Å². The van der Waals surface area contributed by atoms with Crippen LogP contribution in [0.25, 0.3) is 0 Å². The van der Waals surface area contributed by atoms with Gasteiger partial charge in [0, 0.05) is 24.2 Å². The van der Waals surface area contributed by atoms with E-state index in [-0.39, 0.29) is 17.4 Å². The van der Waals surface area contributed by atoms with E-state index in [9.17, 15) is 9.18 Å². The van der Waals surface area contributed by atoms with Gasteiger partial charge in [-0.05, 0) is 36.6 Å². The Balaban J connectivity index is 1.71. The topological polar surface area (TPSA) is 58.6 Å². The highest BCUT2D eigenvalue weighted by Crippen LogP contribution is 2.32. The summed E-state index contributed by atoms with van der Waals surface area (Å²) in [6, 6.07) is 11.5. The normalized spacial score (nSPS) is 17.0. The molecule has 1 aliphatic heterocycles. The van der Waals surface area contributed by atoms with Crippen molar-refractivity contribution in [1.29, 1.82) is 0 Å². The molecule has 1 atom stereocenters. The molecule has 0 radical (unpaired) electrons. The van der Waals surface area contributed by atoms with E-state index in [4.69, 9.17) is 9.84 Å². The first-order valence-electron chi connectivity index (χ1n) is 7.61. The Labute approximate surface area is 133 Å². The van der Waals surface area contributed by atoms with Crippen LogP contribution in [0.1, 0.15) is 40.4 Å². The maximum absolute atomic E-state index is 13.4. The summed E-state index contributed by atoms with van der Waals surface area (Å²) < 4.78 is 19.0. The number of benzene rings is 2. The Hall–Kier alpha value is -2.40. The minimum atomic E-state index is -0.929. The first-order valence-corrected chi connectivity index (χ1v) is 7.61. The standard InChI is InChI=1S/C18H18FNO3/c19-14-7-8-15-16(2-1-9-23-17(15)10-14)20-11-12-3-5-13(6-4-12)18(21)22/h3-8,10,16,20H,1-2,9,11H2,(H,21,22). The minimum Gasteiger partial charge on any atom is -0.493 e. The van der Waals surface area contributed by atoms with Crippen molar-refractivity contribution in [2.45, 2.75) is 25.4 Å². The first kappa shape index (κ1) is 15.5. The van der Waals surface area contributed by atoms with Crippen LogP contribution < -0.4 is 10.1 Å². The minimum absolute atomic E-state index is 0.0900. The zero-order valence-electron chi connectivity index (χ0n) is 12.6. The number of nitrogens with one attached hydrogen (secondary N) is 1. The molecule has 120 valence electrons. The van der Waals surface area contributed by atoms with Gasteiger partial charge in [0.05, 0.1) is 12.2 Å². The monoisotopic (exact) mass is 315 g/mol. The van der Waals surface area contributed by atoms with Crippen molar-refractivity contribution < 1.29 is 19.0 Å². The van der Waals surface area contributed by atoms with E-state index in [1.165, 1.54) is 12.1 Å². The number of rotatable bonds is 4. The zero-order valence-corrected chi connectivity index (χ0v) is 12.6. The number of aromatic carboxylic acids is 1. The number of ether oxygens (including phenoxy) is 1. The second-order valence-corrected chi connectivity index (χ2v) is 5.61. The lowest BCUT2D eigenvalue weighted by Gasteiger charge is -2.18. The summed E-state index contributed by atoms with van der Waals surface area (Å²) in [5.74, 6) is -0.628. The van der Waals surface area contributed by atoms with Gasteiger partial charge in [0.15, 0.2) is 0 Å². The maximum Gasteiger partial charge on any atom is 0.335 e. The molecule has 5 heteroatoms. The van der Waals surface area contributed by atoms with Gasteiger partial charge < -0.3 is 15.2 Å². The van der Waals surface area contributed by atoms with Gasteiger partial charge in [0.25, 0.3) is 0 Å². The molecule has 2 aromatic carbocycles. The van der Waals surface area contributed by atoms with Crippen LogP contribution in [0.5, 0.6) is 5.75 Å². The SMILES string of the molecule is O=C(O)c1ccc(CNC2CCCOc3cc(F)ccc32)cc1. The summed E-state index contributed by atoms with van der Waals surface area (Å²) >= 11 is 0. The summed E-state index contributed by atoms with van der Waals surface area (Å²) in [4.78, 5) is 10.9. The largest absolute Gasteiger partial charge is 0.493 e. The molecule has 3 rings (SSSR count). The van der Waals surface area contributed by atoms with E-state index in [0.717, 1.165) is 24.0 Å². The lowest BCUT2D eigenvalue weighted by Crippen LogP contribution is -2.20. The molecule has 0 bridgehead atoms. The van der Waals surface area contributed by atoms with Gasteiger partial charge in [-0.1, -0.05) is 18.2 Å². The molecular formula is C18H18FNO3. The van der Waals surface area contributed by atoms with Gasteiger partial charge in [-0.3, -0.25) is 0 Å². The third-order valence-corrected chi connectivity index (χ3v) is 4.00. The van der Waals surface area contributed by atoms with Crippen molar-refractivity contribution in [1.82, 2.24) is 5.32 Å². The van der Waals surface area contributed by atoms with Crippen molar-refractivity contribution in [3.63, 3.8) is 0 Å². The van der Waals surface area contributed by atoms with E-state index in [0.29, 0.717) is 18.9 Å². The molecule has 0 fully saturated rings. The van der Waals surface area contributed by atoms with E-state index >= 15 is 0 Å². The van der Waals surface area contributed by atoms with Crippen LogP contribution in [0.15, 0.2) is 42.5 Å². The highest BCUT2D eigenvalue weighted by Gasteiger charge is 2.19. The lowest BCUT2D eigenvalue weighted by atomic mass is 10.0. The number of hydrogen-bond acceptors (Lipinski definition) is 3. The Morgan fingerprint density at radius 3 is 2.78 bits per heavy atom. The van der Waals surface area contributed by atoms with Crippen LogP contribution in [0.4, 0.5) is 4.39 Å². The maximum atomic E-state index is 13.4. The Kier molecular flexibility index (Phi) is 4.57. The average molecular weight is 315 g/mol. The van der Waals surface area contributed by atoms with Crippen LogP contribution >= 0.6 is 0 Å². The zero-order chi connectivity index (χ0) is 16.2. The van der Waals surface area contributed by atoms with Crippen molar-refractivity contribution in [3.8, 4) is 5.75 Å². The summed E-state index contributed by atoms with van der Waals surface area (Å²) in [5, 5.41) is 12.4. The number of carboxylic acid groups (broad SMARTS) is 1. The predicted octanol–water partition coefficient (Wildman–Crippen LogP) is 3.53. The van der Waals surface area contributed by atoms with Crippen LogP contribution in [-0.2, 0) is 6.54 Å². The van der Waals surface area contributed by atoms with Gasteiger partial charge in [0.2, 0.25) is 0 Å². The molecule has 2 N–H and O–H groups in total. The fourth-order valence-corrected chi connectivity index (χ4v) is 2.76. The van der Waals surface area contributed by atoms with Crippen molar-refractivity contribution >= 4 is 5.97 Å². The molecule has 1 unspecified atom stereocenters. The van der Waals surface area contributed by atoms with Crippen LogP contribution in [0.2, 0.25) is 0 Å². The molecule has 0 aromatic heterocycles. The van der Waals surface area contributed by atoms with Crippen LogP contribution in [0.3, 0.4) is 0 Å². The van der Waals surface area contributed by atoms with Crippen molar-refractivity contribution in [2.24, 2.45) is 0 Å². The Morgan fingerprint density at radius 1 is 1.26 bits per heavy atom. The van der Waals surface area contributed by atoms with E-state index in [1.54, 1.807) is 30.3 Å². The van der Waals surface area contributed by atoms with Crippen LogP contribution in [-0.4, -0.2) is 17.7 Å². The number of carbonyl (C=O) groups is 1. The number of fused-ring (bicyclic) bond motifs is 1. The molecule has 0 spiro atoms. The molecule has 1 heterocycles. The predicted molar refractivity (Wildman–Crippen MR) is 84.1 cm³/mol. The van der Waals surface area contributed by atoms with E-state index < -0.39 is 5.97 Å². The summed E-state index contributed by atoms with van der Waals surface area (Å²) in [6.45, 7) is 1.20. The number of halogens is 1. The lowest BCUT2D eigenvalue weighted by molar-refractivity contribution is 0.0697. The Bertz CT molecular complexity index is 700. The number of carboxylic acids is 1. The third-order valence-electron chi connectivity index (χ3n) is 4.00. The molecular weight excluding hydrogens is 297 g/mol. The van der Waals surface area contributed by atoms with Gasteiger partial charge in [-0.25, -0.2) is 9.18 Å². The number of hydrogen-bond donors (Lipinski definition) is 2. The first-order chi connectivity index (χ1) is 11.1. The molecule has 0 saturated carbocycles. The fraction of sp³-hybridized carbons (Fsp3) is 0.278. The van der Waals surface area contributed by atoms with Crippen molar-refractivity contribution in [2.75, 3.05) is 6.61 Å². The molecule has 0 amide bonds. The highest BCUT2D eigenvalue weighted by atomic mass is 19.1. The van der Waals surface area contributed by atoms with E-state index in [1.807, 2.05) is 0 Å². The molecule has 2 aromatic rings. The van der Waals surface area contributed by atoms with Crippen LogP contribution in [0, 0.1) is 5.82 Å². The smallest absolute Gasteiger partial charge is 0.335 e. The van der Waals surface area contributed by atoms with Gasteiger partial charge in [-0.15, -0.1) is 0 Å². The highest BCUT2D eigenvalue weighted by molar-refractivity contribution is 5.87. The molecule has 0 aliphatic carbocycles. The quantitative estimate of drug-likeness (QED) is 0.906. The molecule has 4 nitrogen and oxygen atoms in total. The molecule has 23 heavy (non-hydrogen) atoms. The van der Waals surface area contributed by atoms with E-state index in [2.05, 4.69) is 5.32 Å².